The van der Waals surface area contributed by atoms with Crippen LogP contribution < -0.4 is 15.4 Å². The smallest absolute Gasteiger partial charge is 0.415 e. The third-order valence-electron chi connectivity index (χ3n) is 3.98. The number of hydrogen-bond acceptors (Lipinski definition) is 5. The van der Waals surface area contributed by atoms with Crippen molar-refractivity contribution in [3.63, 3.8) is 0 Å². The molecule has 1 saturated heterocycles. The summed E-state index contributed by atoms with van der Waals surface area (Å²) in [5.41, 5.74) is 6.87. The summed E-state index contributed by atoms with van der Waals surface area (Å²) in [6.45, 7) is 9.25. The van der Waals surface area contributed by atoms with Gasteiger partial charge in [-0.3, -0.25) is 14.7 Å². The predicted molar refractivity (Wildman–Crippen MR) is 97.7 cm³/mol. The molecule has 0 bridgehead atoms. The number of rotatable bonds is 3. The van der Waals surface area contributed by atoms with Crippen molar-refractivity contribution < 1.29 is 14.3 Å². The predicted octanol–water partition coefficient (Wildman–Crippen LogP) is 2.19. The van der Waals surface area contributed by atoms with E-state index in [1.807, 2.05) is 25.1 Å². The zero-order valence-electron chi connectivity index (χ0n) is 14.8. The monoisotopic (exact) mass is 362 g/mol. The molecule has 2 aromatic rings. The maximum atomic E-state index is 12.0. The molecule has 1 aromatic carbocycles. The minimum Gasteiger partial charge on any atom is -0.434 e. The van der Waals surface area contributed by atoms with Crippen molar-refractivity contribution in [1.82, 2.24) is 4.57 Å². The fourth-order valence-corrected chi connectivity index (χ4v) is 4.19. The van der Waals surface area contributed by atoms with Crippen LogP contribution in [0.5, 0.6) is 0 Å². The summed E-state index contributed by atoms with van der Waals surface area (Å²) in [5, 5.41) is 0. The zero-order chi connectivity index (χ0) is 18.4. The molecule has 3 rings (SSSR count). The molecule has 0 aliphatic carbocycles. The van der Waals surface area contributed by atoms with Crippen LogP contribution in [-0.2, 0) is 15.1 Å². The third kappa shape index (κ3) is 3.13. The van der Waals surface area contributed by atoms with Crippen LogP contribution in [0.15, 0.2) is 23.2 Å². The summed E-state index contributed by atoms with van der Waals surface area (Å²) in [4.78, 5) is 30.3. The van der Waals surface area contributed by atoms with Crippen molar-refractivity contribution in [3.8, 4) is 0 Å². The van der Waals surface area contributed by atoms with E-state index >= 15 is 0 Å². The number of thiazole rings is 1. The number of amides is 2. The van der Waals surface area contributed by atoms with Crippen molar-refractivity contribution >= 4 is 39.2 Å². The number of aromatic nitrogens is 1. The van der Waals surface area contributed by atoms with E-state index in [0.717, 1.165) is 15.0 Å². The summed E-state index contributed by atoms with van der Waals surface area (Å²) in [5.74, 6) is -0.636. The first kappa shape index (κ1) is 17.5. The first-order valence-electron chi connectivity index (χ1n) is 8.16. The number of fused-ring (bicyclic) bond motifs is 1. The van der Waals surface area contributed by atoms with Crippen LogP contribution in [0.1, 0.15) is 27.7 Å². The Morgan fingerprint density at radius 3 is 2.72 bits per heavy atom. The zero-order valence-corrected chi connectivity index (χ0v) is 15.6. The number of nitrogens with two attached hydrogens (primary N) is 1. The Bertz CT molecular complexity index is 907. The summed E-state index contributed by atoms with van der Waals surface area (Å²) in [6.07, 6.45) is -1.46. The molecule has 0 saturated carbocycles. The highest BCUT2D eigenvalue weighted by Gasteiger charge is 2.36. The highest BCUT2D eigenvalue weighted by molar-refractivity contribution is 7.16. The van der Waals surface area contributed by atoms with Crippen molar-refractivity contribution in [2.75, 3.05) is 18.0 Å². The van der Waals surface area contributed by atoms with Crippen molar-refractivity contribution in [1.29, 1.82) is 0 Å². The van der Waals surface area contributed by atoms with Gasteiger partial charge in [0, 0.05) is 17.8 Å². The summed E-state index contributed by atoms with van der Waals surface area (Å²) in [6, 6.07) is 5.77. The summed E-state index contributed by atoms with van der Waals surface area (Å²) < 4.78 is 8.24. The average Bonchev–Trinajstić information content (AvgIpc) is 3.06. The molecule has 7 nitrogen and oxygen atoms in total. The Hall–Kier alpha value is -2.35. The summed E-state index contributed by atoms with van der Waals surface area (Å²) >= 11 is 1.58. The lowest BCUT2D eigenvalue weighted by atomic mass is 10.1. The highest BCUT2D eigenvalue weighted by atomic mass is 32.1. The number of ether oxygens (including phenoxy) is 1. The van der Waals surface area contributed by atoms with Crippen molar-refractivity contribution in [3.05, 3.63) is 23.0 Å². The van der Waals surface area contributed by atoms with Crippen molar-refractivity contribution in [2.24, 2.45) is 10.7 Å². The van der Waals surface area contributed by atoms with Crippen LogP contribution in [0.25, 0.3) is 10.2 Å². The fraction of sp³-hybridized carbons (Fsp3) is 0.471. The molecular weight excluding hydrogens is 340 g/mol. The number of anilines is 1. The highest BCUT2D eigenvalue weighted by Crippen LogP contribution is 2.30. The second-order valence-corrected chi connectivity index (χ2v) is 7.91. The van der Waals surface area contributed by atoms with Crippen LogP contribution in [0.2, 0.25) is 0 Å². The van der Waals surface area contributed by atoms with Gasteiger partial charge in [-0.15, -0.1) is 0 Å². The quantitative estimate of drug-likeness (QED) is 0.907. The number of hydrogen-bond donors (Lipinski definition) is 1. The molecule has 2 heterocycles. The molecule has 0 radical (unpaired) electrons. The van der Waals surface area contributed by atoms with Crippen LogP contribution in [0.4, 0.5) is 10.5 Å². The van der Waals surface area contributed by atoms with E-state index < -0.39 is 18.1 Å². The fourth-order valence-electron chi connectivity index (χ4n) is 2.89. The number of carbonyl (C=O) groups is 2. The standard InChI is InChI=1S/C17H22N4O3S/c1-5-19-15-21(17(2,3)4)11-7-6-10(8-13(11)25-15)20-9-12(14(18)22)24-16(20)23/h6-8,12H,5,9H2,1-4H3,(H2,18,22)/b19-15+/t12-/m1/s1. The van der Waals surface area contributed by atoms with E-state index in [1.165, 1.54) is 4.90 Å². The van der Waals surface area contributed by atoms with E-state index in [4.69, 9.17) is 10.5 Å². The first-order chi connectivity index (χ1) is 11.7. The topological polar surface area (TPSA) is 89.9 Å². The molecule has 1 fully saturated rings. The number of carbonyl (C=O) groups excluding carboxylic acids is 2. The minimum absolute atomic E-state index is 0.114. The summed E-state index contributed by atoms with van der Waals surface area (Å²) in [7, 11) is 0. The first-order valence-corrected chi connectivity index (χ1v) is 8.98. The van der Waals surface area contributed by atoms with E-state index in [2.05, 4.69) is 30.3 Å². The van der Waals surface area contributed by atoms with Gasteiger partial charge in [0.2, 0.25) is 0 Å². The molecule has 1 aliphatic heterocycles. The van der Waals surface area contributed by atoms with Gasteiger partial charge in [-0.2, -0.15) is 0 Å². The molecule has 1 aromatic heterocycles. The Labute approximate surface area is 149 Å². The number of primary amides is 1. The van der Waals surface area contributed by atoms with E-state index in [1.54, 1.807) is 11.3 Å². The largest absolute Gasteiger partial charge is 0.434 e. The van der Waals surface area contributed by atoms with Crippen LogP contribution in [0.3, 0.4) is 0 Å². The minimum atomic E-state index is -0.906. The second kappa shape index (κ2) is 6.18. The van der Waals surface area contributed by atoms with Gasteiger partial charge >= 0.3 is 6.09 Å². The van der Waals surface area contributed by atoms with E-state index in [9.17, 15) is 9.59 Å². The molecule has 134 valence electrons. The molecule has 8 heteroatoms. The Morgan fingerprint density at radius 2 is 2.16 bits per heavy atom. The van der Waals surface area contributed by atoms with Gasteiger partial charge in [0.05, 0.1) is 16.8 Å². The lowest BCUT2D eigenvalue weighted by Gasteiger charge is -2.22. The van der Waals surface area contributed by atoms with Crippen LogP contribution >= 0.6 is 11.3 Å². The molecule has 2 N–H and O–H groups in total. The second-order valence-electron chi connectivity index (χ2n) is 6.90. The van der Waals surface area contributed by atoms with Gasteiger partial charge < -0.3 is 15.0 Å². The van der Waals surface area contributed by atoms with Gasteiger partial charge in [0.15, 0.2) is 10.9 Å². The normalized spacial score (nSPS) is 18.9. The van der Waals surface area contributed by atoms with Gasteiger partial charge in [-0.1, -0.05) is 11.3 Å². The molecular formula is C17H22N4O3S. The van der Waals surface area contributed by atoms with Gasteiger partial charge in [0.1, 0.15) is 0 Å². The van der Waals surface area contributed by atoms with Crippen LogP contribution in [-0.4, -0.2) is 35.8 Å². The molecule has 1 aliphatic rings. The van der Waals surface area contributed by atoms with Crippen LogP contribution in [0, 0.1) is 0 Å². The third-order valence-corrected chi connectivity index (χ3v) is 5.02. The number of nitrogens with zero attached hydrogens (tertiary/aromatic N) is 3. The molecule has 2 amide bonds. The Kier molecular flexibility index (Phi) is 4.32. The maximum absolute atomic E-state index is 12.0. The lowest BCUT2D eigenvalue weighted by Crippen LogP contribution is -2.32. The lowest BCUT2D eigenvalue weighted by molar-refractivity contribution is -0.124. The Balaban J connectivity index is 2.09. The van der Waals surface area contributed by atoms with E-state index in [0.29, 0.717) is 12.2 Å². The van der Waals surface area contributed by atoms with Gasteiger partial charge in [0.25, 0.3) is 5.91 Å². The molecule has 1 atom stereocenters. The maximum Gasteiger partial charge on any atom is 0.415 e. The molecule has 0 unspecified atom stereocenters. The molecule has 25 heavy (non-hydrogen) atoms. The van der Waals surface area contributed by atoms with Gasteiger partial charge in [-0.05, 0) is 45.9 Å². The molecule has 0 spiro atoms. The van der Waals surface area contributed by atoms with Crippen molar-refractivity contribution in [2.45, 2.75) is 39.3 Å². The number of benzene rings is 1. The Morgan fingerprint density at radius 1 is 1.44 bits per heavy atom. The SMILES string of the molecule is CC/N=c1/sc2cc(N3C[C@H](C(N)=O)OC3=O)ccc2n1C(C)(C)C. The average molecular weight is 362 g/mol. The number of cyclic esters (lactones) is 1. The van der Waals surface area contributed by atoms with E-state index in [-0.39, 0.29) is 12.1 Å². The van der Waals surface area contributed by atoms with Gasteiger partial charge in [-0.25, -0.2) is 4.79 Å².